The molecule has 1 aliphatic heterocycles. The first kappa shape index (κ1) is 22.7. The Kier molecular flexibility index (Phi) is 5.79. The molecule has 0 spiro atoms. The van der Waals surface area contributed by atoms with Gasteiger partial charge in [-0.25, -0.2) is 8.78 Å². The number of benzene rings is 1. The molecule has 2 aromatic rings. The number of pyridine rings is 1. The zero-order chi connectivity index (χ0) is 23.1. The molecule has 2 atom stereocenters. The molecule has 1 saturated carbocycles. The predicted molar refractivity (Wildman–Crippen MR) is 104 cm³/mol. The molecule has 1 saturated heterocycles. The van der Waals surface area contributed by atoms with Crippen LogP contribution in [0.3, 0.4) is 0 Å². The molecular weight excluding hydrogens is 459 g/mol. The Hall–Kier alpha value is -2.46. The van der Waals surface area contributed by atoms with E-state index in [4.69, 9.17) is 16.3 Å². The number of ether oxygens (including phenoxy) is 2. The van der Waals surface area contributed by atoms with Gasteiger partial charge >= 0.3 is 6.36 Å². The van der Waals surface area contributed by atoms with E-state index in [1.54, 1.807) is 18.2 Å². The summed E-state index contributed by atoms with van der Waals surface area (Å²) in [5, 5.41) is 0.0134. The van der Waals surface area contributed by atoms with Gasteiger partial charge in [-0.1, -0.05) is 17.7 Å². The number of hydrogen-bond acceptors (Lipinski definition) is 4. The zero-order valence-electron chi connectivity index (χ0n) is 16.5. The van der Waals surface area contributed by atoms with Gasteiger partial charge in [0.1, 0.15) is 12.4 Å². The second-order valence-corrected chi connectivity index (χ2v) is 8.06. The molecule has 1 aromatic carbocycles. The van der Waals surface area contributed by atoms with Crippen LogP contribution in [0.25, 0.3) is 0 Å². The maximum atomic E-state index is 14.7. The summed E-state index contributed by atoms with van der Waals surface area (Å²) < 4.78 is 74.1. The van der Waals surface area contributed by atoms with Crippen LogP contribution in [-0.4, -0.2) is 54.4 Å². The summed E-state index contributed by atoms with van der Waals surface area (Å²) in [5.41, 5.74) is -0.844. The molecule has 2 unspecified atom stereocenters. The molecule has 1 amide bonds. The topological polar surface area (TPSA) is 51.7 Å². The van der Waals surface area contributed by atoms with Gasteiger partial charge in [-0.05, 0) is 36.8 Å². The van der Waals surface area contributed by atoms with Gasteiger partial charge in [-0.15, -0.1) is 13.2 Å². The van der Waals surface area contributed by atoms with Crippen LogP contribution in [0.2, 0.25) is 5.02 Å². The van der Waals surface area contributed by atoms with E-state index >= 15 is 0 Å². The fourth-order valence-electron chi connectivity index (χ4n) is 4.30. The minimum absolute atomic E-state index is 0.0134. The number of rotatable bonds is 6. The summed E-state index contributed by atoms with van der Waals surface area (Å²) in [5.74, 6) is -4.36. The molecule has 0 bridgehead atoms. The molecule has 1 aliphatic carbocycles. The fourth-order valence-corrected chi connectivity index (χ4v) is 4.53. The van der Waals surface area contributed by atoms with Gasteiger partial charge in [0.2, 0.25) is 0 Å². The predicted octanol–water partition coefficient (Wildman–Crippen LogP) is 4.70. The number of hydrogen-bond donors (Lipinski definition) is 0. The summed E-state index contributed by atoms with van der Waals surface area (Å²) in [4.78, 5) is 18.3. The monoisotopic (exact) mass is 476 g/mol. The second-order valence-electron chi connectivity index (χ2n) is 7.65. The molecule has 2 heterocycles. The SMILES string of the molecule is O=C(c1ccc(OCCOC(F)(F)F)c(Cl)c1)N1CCC2(c3ccccn3)C(C1)C2(F)F. The van der Waals surface area contributed by atoms with Crippen LogP contribution in [0.5, 0.6) is 5.75 Å². The highest BCUT2D eigenvalue weighted by Gasteiger charge is 2.82. The van der Waals surface area contributed by atoms with Gasteiger partial charge < -0.3 is 9.64 Å². The quantitative estimate of drug-likeness (QED) is 0.448. The third-order valence-corrected chi connectivity index (χ3v) is 6.21. The Morgan fingerprint density at radius 2 is 2.00 bits per heavy atom. The van der Waals surface area contributed by atoms with Crippen LogP contribution in [0, 0.1) is 5.92 Å². The first-order valence-electron chi connectivity index (χ1n) is 9.78. The Balaban J connectivity index is 1.40. The molecule has 11 heteroatoms. The first-order chi connectivity index (χ1) is 15.1. The molecule has 172 valence electrons. The summed E-state index contributed by atoms with van der Waals surface area (Å²) >= 11 is 6.08. The standard InChI is InChI=1S/C21H18ClF5N2O3/c22-14-11-13(4-5-15(14)31-9-10-32-21(25,26)27)18(30)29-8-6-19(16(12-29)20(19,23)24)17-3-1-2-7-28-17/h1-5,7,11,16H,6,8-10,12H2. The highest BCUT2D eigenvalue weighted by atomic mass is 35.5. The Morgan fingerprint density at radius 1 is 1.22 bits per heavy atom. The van der Waals surface area contributed by atoms with Crippen LogP contribution in [0.4, 0.5) is 22.0 Å². The van der Waals surface area contributed by atoms with Crippen molar-refractivity contribution in [1.82, 2.24) is 9.88 Å². The van der Waals surface area contributed by atoms with E-state index in [9.17, 15) is 26.7 Å². The number of nitrogens with zero attached hydrogens (tertiary/aromatic N) is 2. The van der Waals surface area contributed by atoms with Crippen LogP contribution >= 0.6 is 11.6 Å². The molecule has 5 nitrogen and oxygen atoms in total. The molecule has 32 heavy (non-hydrogen) atoms. The largest absolute Gasteiger partial charge is 0.522 e. The Labute approximate surface area is 185 Å². The average molecular weight is 477 g/mol. The van der Waals surface area contributed by atoms with Crippen molar-refractivity contribution < 1.29 is 36.2 Å². The number of carbonyl (C=O) groups excluding carboxylic acids is 1. The van der Waals surface area contributed by atoms with Crippen molar-refractivity contribution in [2.75, 3.05) is 26.3 Å². The average Bonchev–Trinajstić information content (AvgIpc) is 3.27. The summed E-state index contributed by atoms with van der Waals surface area (Å²) in [6.07, 6.45) is -3.19. The number of carbonyl (C=O) groups is 1. The second kappa shape index (κ2) is 8.15. The van der Waals surface area contributed by atoms with Gasteiger partial charge in [-0.3, -0.25) is 14.5 Å². The third kappa shape index (κ3) is 4.01. The maximum absolute atomic E-state index is 14.7. The molecular formula is C21H18ClF5N2O3. The summed E-state index contributed by atoms with van der Waals surface area (Å²) in [7, 11) is 0. The van der Waals surface area contributed by atoms with Crippen molar-refractivity contribution in [3.8, 4) is 5.75 Å². The van der Waals surface area contributed by atoms with Gasteiger partial charge in [0.25, 0.3) is 11.8 Å². The number of halogens is 6. The van der Waals surface area contributed by atoms with Crippen LogP contribution in [-0.2, 0) is 10.2 Å². The lowest BCUT2D eigenvalue weighted by Crippen LogP contribution is -2.40. The van der Waals surface area contributed by atoms with Crippen molar-refractivity contribution in [3.63, 3.8) is 0 Å². The van der Waals surface area contributed by atoms with Gasteiger partial charge in [0, 0.05) is 24.8 Å². The number of amides is 1. The smallest absolute Gasteiger partial charge is 0.490 e. The highest BCUT2D eigenvalue weighted by Crippen LogP contribution is 2.69. The van der Waals surface area contributed by atoms with Gasteiger partial charge in [-0.2, -0.15) is 0 Å². The first-order valence-corrected chi connectivity index (χ1v) is 10.2. The van der Waals surface area contributed by atoms with Crippen molar-refractivity contribution in [2.24, 2.45) is 5.92 Å². The molecule has 2 fully saturated rings. The van der Waals surface area contributed by atoms with Crippen molar-refractivity contribution in [1.29, 1.82) is 0 Å². The van der Waals surface area contributed by atoms with Gasteiger partial charge in [0.05, 0.1) is 28.7 Å². The normalized spacial score (nSPS) is 24.1. The number of fused-ring (bicyclic) bond motifs is 1. The van der Waals surface area contributed by atoms with Crippen LogP contribution < -0.4 is 4.74 Å². The van der Waals surface area contributed by atoms with E-state index in [0.29, 0.717) is 5.69 Å². The van der Waals surface area contributed by atoms with Gasteiger partial charge in [0.15, 0.2) is 0 Å². The molecule has 1 aromatic heterocycles. The molecule has 0 radical (unpaired) electrons. The maximum Gasteiger partial charge on any atom is 0.522 e. The van der Waals surface area contributed by atoms with E-state index < -0.39 is 42.7 Å². The number of aromatic nitrogens is 1. The van der Waals surface area contributed by atoms with E-state index in [-0.39, 0.29) is 35.8 Å². The highest BCUT2D eigenvalue weighted by molar-refractivity contribution is 6.32. The lowest BCUT2D eigenvalue weighted by Gasteiger charge is -2.30. The molecule has 0 N–H and O–H groups in total. The number of alkyl halides is 5. The lowest BCUT2D eigenvalue weighted by atomic mass is 9.90. The van der Waals surface area contributed by atoms with E-state index in [1.165, 1.54) is 29.3 Å². The van der Waals surface area contributed by atoms with Crippen LogP contribution in [0.1, 0.15) is 22.5 Å². The fraction of sp³-hybridized carbons (Fsp3) is 0.429. The third-order valence-electron chi connectivity index (χ3n) is 5.92. The van der Waals surface area contributed by atoms with E-state index in [1.807, 2.05) is 0 Å². The lowest BCUT2D eigenvalue weighted by molar-refractivity contribution is -0.325. The molecule has 2 aliphatic rings. The van der Waals surface area contributed by atoms with Crippen molar-refractivity contribution >= 4 is 17.5 Å². The minimum atomic E-state index is -4.76. The Bertz CT molecular complexity index is 1000. The molecule has 4 rings (SSSR count). The van der Waals surface area contributed by atoms with E-state index in [2.05, 4.69) is 9.72 Å². The summed E-state index contributed by atoms with van der Waals surface area (Å²) in [6, 6.07) is 8.95. The number of likely N-dealkylation sites (tertiary alicyclic amines) is 1. The minimum Gasteiger partial charge on any atom is -0.490 e. The zero-order valence-corrected chi connectivity index (χ0v) is 17.3. The van der Waals surface area contributed by atoms with Crippen LogP contribution in [0.15, 0.2) is 42.6 Å². The van der Waals surface area contributed by atoms with E-state index in [0.717, 1.165) is 0 Å². The number of piperidine rings is 1. The summed E-state index contributed by atoms with van der Waals surface area (Å²) in [6.45, 7) is -1.11. The Morgan fingerprint density at radius 3 is 2.62 bits per heavy atom. The van der Waals surface area contributed by atoms with Crippen molar-refractivity contribution in [2.45, 2.75) is 24.1 Å². The van der Waals surface area contributed by atoms with Crippen molar-refractivity contribution in [3.05, 3.63) is 58.9 Å².